The van der Waals surface area contributed by atoms with Gasteiger partial charge < -0.3 is 20.5 Å². The summed E-state index contributed by atoms with van der Waals surface area (Å²) in [6, 6.07) is 0. The molecule has 15 heavy (non-hydrogen) atoms. The molecule has 6 heteroatoms. The summed E-state index contributed by atoms with van der Waals surface area (Å²) in [7, 11) is 0. The van der Waals surface area contributed by atoms with Gasteiger partial charge in [0.2, 0.25) is 0 Å². The van der Waals surface area contributed by atoms with Crippen LogP contribution in [0.5, 0.6) is 0 Å². The number of oxime groups is 2. The first kappa shape index (κ1) is 11.8. The van der Waals surface area contributed by atoms with Gasteiger partial charge in [0.15, 0.2) is 0 Å². The molecule has 0 atom stereocenters. The standard InChI is InChI=1S/C6H11NO2.C3H6N2O/c1-6(2,8)5-3-4-9-7-5;4-3-1-2-6-5-3/h8H,3-4H2,1-2H3;1-2H2,(H2,4,5). The van der Waals surface area contributed by atoms with Crippen molar-refractivity contribution in [3.63, 3.8) is 0 Å². The molecule has 0 unspecified atom stereocenters. The van der Waals surface area contributed by atoms with E-state index in [-0.39, 0.29) is 0 Å². The van der Waals surface area contributed by atoms with Crippen LogP contribution in [-0.4, -0.2) is 35.5 Å². The molecular weight excluding hydrogens is 198 g/mol. The Morgan fingerprint density at radius 3 is 2.00 bits per heavy atom. The smallest absolute Gasteiger partial charge is 0.142 e. The summed E-state index contributed by atoms with van der Waals surface area (Å²) in [5.74, 6) is 0.606. The zero-order valence-corrected chi connectivity index (χ0v) is 9.06. The van der Waals surface area contributed by atoms with E-state index in [2.05, 4.69) is 15.1 Å². The third-order valence-corrected chi connectivity index (χ3v) is 1.94. The lowest BCUT2D eigenvalue weighted by Gasteiger charge is -2.14. The molecule has 0 radical (unpaired) electrons. The lowest BCUT2D eigenvalue weighted by molar-refractivity contribution is 0.147. The van der Waals surface area contributed by atoms with Crippen LogP contribution in [0.4, 0.5) is 0 Å². The summed E-state index contributed by atoms with van der Waals surface area (Å²) < 4.78 is 0. The zero-order chi connectivity index (χ0) is 11.3. The van der Waals surface area contributed by atoms with Crippen molar-refractivity contribution < 1.29 is 14.8 Å². The molecule has 2 heterocycles. The zero-order valence-electron chi connectivity index (χ0n) is 9.06. The van der Waals surface area contributed by atoms with Crippen LogP contribution in [0.1, 0.15) is 26.7 Å². The van der Waals surface area contributed by atoms with E-state index < -0.39 is 5.60 Å². The fraction of sp³-hybridized carbons (Fsp3) is 0.778. The molecule has 0 spiro atoms. The third-order valence-electron chi connectivity index (χ3n) is 1.94. The molecule has 86 valence electrons. The molecule has 0 aromatic carbocycles. The average Bonchev–Trinajstić information content (AvgIpc) is 2.73. The van der Waals surface area contributed by atoms with Gasteiger partial charge in [-0.25, -0.2) is 0 Å². The summed E-state index contributed by atoms with van der Waals surface area (Å²) >= 11 is 0. The molecule has 0 fully saturated rings. The van der Waals surface area contributed by atoms with E-state index in [1.165, 1.54) is 0 Å². The molecule has 0 aliphatic carbocycles. The van der Waals surface area contributed by atoms with Crippen LogP contribution in [0.3, 0.4) is 0 Å². The Kier molecular flexibility index (Phi) is 3.90. The fourth-order valence-corrected chi connectivity index (χ4v) is 1.05. The minimum atomic E-state index is -0.795. The summed E-state index contributed by atoms with van der Waals surface area (Å²) in [5.41, 5.74) is 5.10. The molecule has 2 aliphatic rings. The Morgan fingerprint density at radius 1 is 1.20 bits per heavy atom. The van der Waals surface area contributed by atoms with Gasteiger partial charge in [-0.1, -0.05) is 10.3 Å². The van der Waals surface area contributed by atoms with Crippen molar-refractivity contribution in [1.82, 2.24) is 0 Å². The molecule has 0 saturated heterocycles. The predicted molar refractivity (Wildman–Crippen MR) is 56.5 cm³/mol. The van der Waals surface area contributed by atoms with Crippen LogP contribution in [-0.2, 0) is 9.68 Å². The van der Waals surface area contributed by atoms with E-state index >= 15 is 0 Å². The van der Waals surface area contributed by atoms with Crippen molar-refractivity contribution in [2.45, 2.75) is 32.3 Å². The predicted octanol–water partition coefficient (Wildman–Crippen LogP) is 0.213. The minimum absolute atomic E-state index is 0.606. The highest BCUT2D eigenvalue weighted by atomic mass is 16.6. The normalized spacial score (nSPS) is 19.4. The molecule has 2 aliphatic heterocycles. The number of nitrogens with two attached hydrogens (primary N) is 1. The maximum Gasteiger partial charge on any atom is 0.142 e. The first-order valence-corrected chi connectivity index (χ1v) is 4.86. The molecule has 0 bridgehead atoms. The number of aliphatic hydroxyl groups is 1. The molecule has 0 aromatic rings. The van der Waals surface area contributed by atoms with E-state index in [9.17, 15) is 5.11 Å². The monoisotopic (exact) mass is 215 g/mol. The summed E-state index contributed by atoms with van der Waals surface area (Å²) in [6.45, 7) is 4.69. The van der Waals surface area contributed by atoms with E-state index in [4.69, 9.17) is 10.6 Å². The first-order valence-electron chi connectivity index (χ1n) is 4.86. The Morgan fingerprint density at radius 2 is 1.80 bits per heavy atom. The second-order valence-corrected chi connectivity index (χ2v) is 3.85. The Hall–Kier alpha value is -1.30. The molecule has 2 rings (SSSR count). The van der Waals surface area contributed by atoms with Gasteiger partial charge in [0, 0.05) is 12.8 Å². The van der Waals surface area contributed by atoms with Gasteiger partial charge in [-0.05, 0) is 13.8 Å². The average molecular weight is 215 g/mol. The highest BCUT2D eigenvalue weighted by Gasteiger charge is 2.24. The maximum atomic E-state index is 9.31. The summed E-state index contributed by atoms with van der Waals surface area (Å²) in [4.78, 5) is 9.23. The van der Waals surface area contributed by atoms with Crippen molar-refractivity contribution in [3.05, 3.63) is 0 Å². The summed E-state index contributed by atoms with van der Waals surface area (Å²) in [6.07, 6.45) is 1.55. The highest BCUT2D eigenvalue weighted by Crippen LogP contribution is 2.12. The van der Waals surface area contributed by atoms with Crippen molar-refractivity contribution in [1.29, 1.82) is 0 Å². The lowest BCUT2D eigenvalue weighted by Crippen LogP contribution is -2.29. The topological polar surface area (TPSA) is 89.4 Å². The van der Waals surface area contributed by atoms with Gasteiger partial charge in [-0.15, -0.1) is 0 Å². The van der Waals surface area contributed by atoms with Gasteiger partial charge >= 0.3 is 0 Å². The molecular formula is C9H17N3O3. The molecule has 6 nitrogen and oxygen atoms in total. The second-order valence-electron chi connectivity index (χ2n) is 3.85. The second kappa shape index (κ2) is 4.97. The molecule has 3 N–H and O–H groups in total. The van der Waals surface area contributed by atoms with Crippen molar-refractivity contribution >= 4 is 11.5 Å². The van der Waals surface area contributed by atoms with Crippen molar-refractivity contribution in [2.75, 3.05) is 13.2 Å². The van der Waals surface area contributed by atoms with E-state index in [1.54, 1.807) is 13.8 Å². The first-order chi connectivity index (χ1) is 7.00. The fourth-order valence-electron chi connectivity index (χ4n) is 1.05. The largest absolute Gasteiger partial charge is 0.395 e. The number of amidine groups is 1. The number of rotatable bonds is 1. The van der Waals surface area contributed by atoms with Crippen LogP contribution in [0.25, 0.3) is 0 Å². The van der Waals surface area contributed by atoms with Crippen LogP contribution in [0, 0.1) is 0 Å². The van der Waals surface area contributed by atoms with Crippen molar-refractivity contribution in [3.8, 4) is 0 Å². The highest BCUT2D eigenvalue weighted by molar-refractivity contribution is 5.91. The SMILES string of the molecule is CC(C)(O)C1=NOCC1.NC1=NOCC1. The number of hydrogen-bond donors (Lipinski definition) is 2. The quantitative estimate of drug-likeness (QED) is 0.654. The third kappa shape index (κ3) is 4.16. The van der Waals surface area contributed by atoms with Crippen molar-refractivity contribution in [2.24, 2.45) is 16.0 Å². The molecule has 0 amide bonds. The van der Waals surface area contributed by atoms with Crippen LogP contribution in [0.15, 0.2) is 10.3 Å². The lowest BCUT2D eigenvalue weighted by atomic mass is 10.0. The van der Waals surface area contributed by atoms with Crippen LogP contribution >= 0.6 is 0 Å². The molecule has 0 aromatic heterocycles. The van der Waals surface area contributed by atoms with Gasteiger partial charge in [0.1, 0.15) is 24.7 Å². The van der Waals surface area contributed by atoms with E-state index in [1.807, 2.05) is 0 Å². The van der Waals surface area contributed by atoms with E-state index in [0.717, 1.165) is 18.6 Å². The Balaban J connectivity index is 0.000000162. The van der Waals surface area contributed by atoms with Crippen LogP contribution in [0.2, 0.25) is 0 Å². The van der Waals surface area contributed by atoms with E-state index in [0.29, 0.717) is 19.0 Å². The van der Waals surface area contributed by atoms with Crippen LogP contribution < -0.4 is 5.73 Å². The Bertz CT molecular complexity index is 268. The van der Waals surface area contributed by atoms with Gasteiger partial charge in [-0.2, -0.15) is 0 Å². The summed E-state index contributed by atoms with van der Waals surface area (Å²) in [5, 5.41) is 16.4. The Labute approximate surface area is 88.7 Å². The van der Waals surface area contributed by atoms with Gasteiger partial charge in [0.05, 0.1) is 5.71 Å². The number of nitrogens with zero attached hydrogens (tertiary/aromatic N) is 2. The van der Waals surface area contributed by atoms with Gasteiger partial charge in [-0.3, -0.25) is 0 Å². The number of hydrogen-bond acceptors (Lipinski definition) is 6. The minimum Gasteiger partial charge on any atom is -0.395 e. The van der Waals surface area contributed by atoms with Gasteiger partial charge in [0.25, 0.3) is 0 Å². The maximum absolute atomic E-state index is 9.31. The molecule has 0 saturated carbocycles.